The summed E-state index contributed by atoms with van der Waals surface area (Å²) in [6.45, 7) is 0. The molecule has 0 saturated heterocycles. The van der Waals surface area contributed by atoms with E-state index in [4.69, 9.17) is 4.74 Å². The highest BCUT2D eigenvalue weighted by molar-refractivity contribution is 6.43. The molecule has 1 aliphatic rings. The van der Waals surface area contributed by atoms with E-state index in [9.17, 15) is 4.79 Å². The summed E-state index contributed by atoms with van der Waals surface area (Å²) in [4.78, 5) is 15.8. The summed E-state index contributed by atoms with van der Waals surface area (Å²) < 4.78 is 5.09. The lowest BCUT2D eigenvalue weighted by Gasteiger charge is -1.97. The molecule has 0 amide bonds. The number of para-hydroxylation sites is 1. The van der Waals surface area contributed by atoms with Gasteiger partial charge in [-0.05, 0) is 24.3 Å². The summed E-state index contributed by atoms with van der Waals surface area (Å²) in [7, 11) is 0. The van der Waals surface area contributed by atoms with E-state index in [2.05, 4.69) is 15.5 Å². The number of cyclic esters (lactones) is 1. The summed E-state index contributed by atoms with van der Waals surface area (Å²) >= 11 is 0. The van der Waals surface area contributed by atoms with Crippen molar-refractivity contribution in [1.29, 1.82) is 0 Å². The minimum absolute atomic E-state index is 0.00714. The molecule has 0 aromatic heterocycles. The highest BCUT2D eigenvalue weighted by Gasteiger charge is 2.25. The SMILES string of the molecule is O=C1OC(c2ccccc2)=NC1=NNc1ccccc1. The molecular formula is C15H11N3O2. The molecule has 0 unspecified atom stereocenters. The van der Waals surface area contributed by atoms with E-state index in [0.29, 0.717) is 0 Å². The molecule has 2 aromatic carbocycles. The molecule has 0 fully saturated rings. The van der Waals surface area contributed by atoms with Gasteiger partial charge in [0, 0.05) is 5.56 Å². The largest absolute Gasteiger partial charge is 0.401 e. The van der Waals surface area contributed by atoms with Gasteiger partial charge in [-0.2, -0.15) is 4.99 Å². The van der Waals surface area contributed by atoms with Crippen LogP contribution in [0.5, 0.6) is 0 Å². The Hall–Kier alpha value is -2.95. The molecule has 20 heavy (non-hydrogen) atoms. The van der Waals surface area contributed by atoms with Crippen LogP contribution < -0.4 is 5.43 Å². The summed E-state index contributed by atoms with van der Waals surface area (Å²) in [6.07, 6.45) is 0. The van der Waals surface area contributed by atoms with Crippen LogP contribution in [0.1, 0.15) is 5.56 Å². The average Bonchev–Trinajstić information content (AvgIpc) is 2.88. The summed E-state index contributed by atoms with van der Waals surface area (Å²) in [6, 6.07) is 18.5. The zero-order valence-electron chi connectivity index (χ0n) is 10.5. The molecule has 0 saturated carbocycles. The smallest absolute Gasteiger partial charge is 0.385 e. The number of anilines is 1. The van der Waals surface area contributed by atoms with Crippen LogP contribution in [0.15, 0.2) is 70.8 Å². The number of nitrogens with zero attached hydrogens (tertiary/aromatic N) is 2. The third-order valence-corrected chi connectivity index (χ3v) is 2.66. The quantitative estimate of drug-likeness (QED) is 0.684. The van der Waals surface area contributed by atoms with E-state index in [-0.39, 0.29) is 11.7 Å². The lowest BCUT2D eigenvalue weighted by Crippen LogP contribution is -2.10. The van der Waals surface area contributed by atoms with Gasteiger partial charge in [0.25, 0.3) is 5.84 Å². The van der Waals surface area contributed by atoms with Crippen LogP contribution in [0.4, 0.5) is 5.69 Å². The first-order valence-electron chi connectivity index (χ1n) is 6.08. The summed E-state index contributed by atoms with van der Waals surface area (Å²) in [5.74, 6) is -0.288. The van der Waals surface area contributed by atoms with E-state index >= 15 is 0 Å². The maximum absolute atomic E-state index is 11.7. The van der Waals surface area contributed by atoms with Gasteiger partial charge < -0.3 is 4.74 Å². The summed E-state index contributed by atoms with van der Waals surface area (Å²) in [5, 5.41) is 3.95. The van der Waals surface area contributed by atoms with Crippen molar-refractivity contribution in [3.8, 4) is 0 Å². The Kier molecular flexibility index (Phi) is 3.24. The molecule has 5 heteroatoms. The van der Waals surface area contributed by atoms with Crippen molar-refractivity contribution in [2.75, 3.05) is 5.43 Å². The number of carbonyl (C=O) groups excluding carboxylic acids is 1. The van der Waals surface area contributed by atoms with E-state index in [1.54, 1.807) is 0 Å². The fourth-order valence-electron chi connectivity index (χ4n) is 1.70. The Bertz CT molecular complexity index is 679. The molecule has 0 aliphatic carbocycles. The van der Waals surface area contributed by atoms with Gasteiger partial charge in [0.2, 0.25) is 5.90 Å². The highest BCUT2D eigenvalue weighted by atomic mass is 16.6. The number of hydrogen-bond donors (Lipinski definition) is 1. The normalized spacial score (nSPS) is 15.9. The van der Waals surface area contributed by atoms with Crippen molar-refractivity contribution in [3.05, 3.63) is 66.2 Å². The van der Waals surface area contributed by atoms with Gasteiger partial charge in [0.15, 0.2) is 0 Å². The number of hydrogen-bond acceptors (Lipinski definition) is 4. The first kappa shape index (κ1) is 12.1. The standard InChI is InChI=1S/C15H11N3O2/c19-15-13(18-17-12-9-5-2-6-10-12)16-14(20-15)11-7-3-1-4-8-11/h1-10,17H. The molecule has 98 valence electrons. The lowest BCUT2D eigenvalue weighted by molar-refractivity contribution is -0.127. The van der Waals surface area contributed by atoms with Crippen LogP contribution >= 0.6 is 0 Å². The van der Waals surface area contributed by atoms with Gasteiger partial charge in [-0.25, -0.2) is 4.79 Å². The van der Waals surface area contributed by atoms with Crippen LogP contribution in [-0.2, 0) is 9.53 Å². The van der Waals surface area contributed by atoms with Crippen molar-refractivity contribution < 1.29 is 9.53 Å². The van der Waals surface area contributed by atoms with Gasteiger partial charge in [0.1, 0.15) is 0 Å². The number of benzene rings is 2. The van der Waals surface area contributed by atoms with Gasteiger partial charge in [-0.1, -0.05) is 36.4 Å². The zero-order chi connectivity index (χ0) is 13.8. The molecule has 5 nitrogen and oxygen atoms in total. The second-order valence-electron chi connectivity index (χ2n) is 4.09. The minimum Gasteiger partial charge on any atom is -0.401 e. The van der Waals surface area contributed by atoms with Gasteiger partial charge in [-0.15, -0.1) is 5.10 Å². The van der Waals surface area contributed by atoms with Crippen molar-refractivity contribution in [2.24, 2.45) is 10.1 Å². The molecule has 1 aliphatic heterocycles. The van der Waals surface area contributed by atoms with Crippen molar-refractivity contribution in [1.82, 2.24) is 0 Å². The van der Waals surface area contributed by atoms with Crippen molar-refractivity contribution >= 4 is 23.4 Å². The molecule has 0 bridgehead atoms. The van der Waals surface area contributed by atoms with Crippen LogP contribution in [-0.4, -0.2) is 17.7 Å². The number of amidine groups is 1. The minimum atomic E-state index is -0.563. The maximum Gasteiger partial charge on any atom is 0.385 e. The second-order valence-corrected chi connectivity index (χ2v) is 4.09. The van der Waals surface area contributed by atoms with Crippen LogP contribution in [0.2, 0.25) is 0 Å². The van der Waals surface area contributed by atoms with Gasteiger partial charge >= 0.3 is 5.97 Å². The first-order valence-corrected chi connectivity index (χ1v) is 6.08. The van der Waals surface area contributed by atoms with Gasteiger partial charge in [0.05, 0.1) is 5.69 Å². The molecule has 3 rings (SSSR count). The Morgan fingerprint density at radius 1 is 0.950 bits per heavy atom. The lowest BCUT2D eigenvalue weighted by atomic mass is 10.2. The fraction of sp³-hybridized carbons (Fsp3) is 0. The molecule has 0 radical (unpaired) electrons. The number of esters is 1. The van der Waals surface area contributed by atoms with E-state index in [1.807, 2.05) is 60.7 Å². The summed E-state index contributed by atoms with van der Waals surface area (Å²) in [5.41, 5.74) is 4.28. The highest BCUT2D eigenvalue weighted by Crippen LogP contribution is 2.11. The first-order chi connectivity index (χ1) is 9.83. The van der Waals surface area contributed by atoms with E-state index in [0.717, 1.165) is 11.3 Å². The Morgan fingerprint density at radius 3 is 2.30 bits per heavy atom. The van der Waals surface area contributed by atoms with Crippen molar-refractivity contribution in [2.45, 2.75) is 0 Å². The molecule has 0 spiro atoms. The Labute approximate surface area is 115 Å². The number of rotatable bonds is 3. The number of carbonyl (C=O) groups is 1. The molecule has 1 heterocycles. The molecule has 1 N–H and O–H groups in total. The predicted octanol–water partition coefficient (Wildman–Crippen LogP) is 2.42. The Morgan fingerprint density at radius 2 is 1.60 bits per heavy atom. The molecular weight excluding hydrogens is 254 g/mol. The predicted molar refractivity (Wildman–Crippen MR) is 76.6 cm³/mol. The second kappa shape index (κ2) is 5.36. The maximum atomic E-state index is 11.7. The Balaban J connectivity index is 1.80. The zero-order valence-corrected chi connectivity index (χ0v) is 10.5. The number of hydrazone groups is 1. The van der Waals surface area contributed by atoms with Gasteiger partial charge in [-0.3, -0.25) is 5.43 Å². The van der Waals surface area contributed by atoms with Crippen LogP contribution in [0, 0.1) is 0 Å². The number of ether oxygens (including phenoxy) is 1. The number of nitrogens with one attached hydrogen (secondary N) is 1. The third kappa shape index (κ3) is 2.56. The topological polar surface area (TPSA) is 63.0 Å². The van der Waals surface area contributed by atoms with E-state index in [1.165, 1.54) is 0 Å². The monoisotopic (exact) mass is 265 g/mol. The van der Waals surface area contributed by atoms with E-state index < -0.39 is 5.97 Å². The molecule has 2 aromatic rings. The third-order valence-electron chi connectivity index (χ3n) is 2.66. The number of aliphatic imine (C=N–C) groups is 1. The average molecular weight is 265 g/mol. The fourth-order valence-corrected chi connectivity index (χ4v) is 1.70. The molecule has 0 atom stereocenters. The van der Waals surface area contributed by atoms with Crippen LogP contribution in [0.3, 0.4) is 0 Å². The van der Waals surface area contributed by atoms with Crippen molar-refractivity contribution in [3.63, 3.8) is 0 Å². The van der Waals surface area contributed by atoms with Crippen LogP contribution in [0.25, 0.3) is 0 Å².